The molecule has 0 spiro atoms. The third-order valence-electron chi connectivity index (χ3n) is 4.07. The number of benzene rings is 1. The van der Waals surface area contributed by atoms with Gasteiger partial charge in [0.1, 0.15) is 0 Å². The maximum atomic E-state index is 12.6. The average Bonchev–Trinajstić information content (AvgIpc) is 2.90. The van der Waals surface area contributed by atoms with Crippen LogP contribution in [0.3, 0.4) is 0 Å². The molecule has 0 unspecified atom stereocenters. The number of aryl methyl sites for hydroxylation is 3. The van der Waals surface area contributed by atoms with E-state index in [9.17, 15) is 9.59 Å². The highest BCUT2D eigenvalue weighted by Crippen LogP contribution is 2.21. The number of nitrogens with zero attached hydrogens (tertiary/aromatic N) is 4. The predicted octanol–water partition coefficient (Wildman–Crippen LogP) is 1.90. The summed E-state index contributed by atoms with van der Waals surface area (Å²) in [7, 11) is 3.12. The van der Waals surface area contributed by atoms with E-state index in [2.05, 4.69) is 10.3 Å². The molecule has 0 aliphatic rings. The fraction of sp³-hybridized carbons (Fsp3) is 0.353. The van der Waals surface area contributed by atoms with Gasteiger partial charge in [-0.1, -0.05) is 19.1 Å². The lowest BCUT2D eigenvalue weighted by molar-refractivity contribution is 0.680. The molecule has 0 radical (unpaired) electrons. The van der Waals surface area contributed by atoms with E-state index in [4.69, 9.17) is 0 Å². The van der Waals surface area contributed by atoms with Crippen LogP contribution in [0.5, 0.6) is 0 Å². The Morgan fingerprint density at radius 1 is 1.17 bits per heavy atom. The van der Waals surface area contributed by atoms with Crippen LogP contribution in [0, 0.1) is 6.92 Å². The molecule has 0 fully saturated rings. The zero-order chi connectivity index (χ0) is 17.4. The molecule has 7 heteroatoms. The van der Waals surface area contributed by atoms with Crippen LogP contribution in [-0.4, -0.2) is 18.7 Å². The van der Waals surface area contributed by atoms with Crippen LogP contribution in [0.2, 0.25) is 0 Å². The molecule has 0 aliphatic heterocycles. The van der Waals surface area contributed by atoms with E-state index in [1.54, 1.807) is 7.05 Å². The molecule has 7 nitrogen and oxygen atoms in total. The lowest BCUT2D eigenvalue weighted by Crippen LogP contribution is -2.37. The third kappa shape index (κ3) is 2.51. The van der Waals surface area contributed by atoms with Crippen molar-refractivity contribution in [3.05, 3.63) is 50.7 Å². The van der Waals surface area contributed by atoms with Gasteiger partial charge < -0.3 is 9.88 Å². The monoisotopic (exact) mass is 327 g/mol. The van der Waals surface area contributed by atoms with Gasteiger partial charge >= 0.3 is 5.69 Å². The quantitative estimate of drug-likeness (QED) is 0.794. The van der Waals surface area contributed by atoms with Gasteiger partial charge in [-0.3, -0.25) is 13.9 Å². The summed E-state index contributed by atoms with van der Waals surface area (Å²) in [6.45, 7) is 4.69. The van der Waals surface area contributed by atoms with Crippen LogP contribution in [0.15, 0.2) is 33.9 Å². The molecule has 3 aromatic rings. The molecule has 24 heavy (non-hydrogen) atoms. The highest BCUT2D eigenvalue weighted by atomic mass is 16.2. The first-order valence-corrected chi connectivity index (χ1v) is 7.94. The van der Waals surface area contributed by atoms with Crippen LogP contribution in [-0.2, 0) is 20.6 Å². The van der Waals surface area contributed by atoms with Crippen LogP contribution < -0.4 is 16.6 Å². The van der Waals surface area contributed by atoms with E-state index in [1.165, 1.54) is 11.6 Å². The second kappa shape index (κ2) is 5.99. The van der Waals surface area contributed by atoms with Gasteiger partial charge in [0.25, 0.3) is 5.56 Å². The number of imidazole rings is 1. The Hall–Kier alpha value is -2.83. The molecule has 126 valence electrons. The van der Waals surface area contributed by atoms with E-state index in [0.29, 0.717) is 23.7 Å². The van der Waals surface area contributed by atoms with Crippen molar-refractivity contribution < 1.29 is 0 Å². The number of rotatable bonds is 4. The van der Waals surface area contributed by atoms with Gasteiger partial charge in [0.15, 0.2) is 11.2 Å². The highest BCUT2D eigenvalue weighted by Gasteiger charge is 2.18. The summed E-state index contributed by atoms with van der Waals surface area (Å²) in [5.74, 6) is 0.566. The van der Waals surface area contributed by atoms with Crippen molar-refractivity contribution >= 4 is 22.8 Å². The molecule has 0 amide bonds. The Kier molecular flexibility index (Phi) is 4.01. The molecular formula is C17H21N5O2. The largest absolute Gasteiger partial charge is 0.332 e. The van der Waals surface area contributed by atoms with E-state index in [-0.39, 0.29) is 11.2 Å². The van der Waals surface area contributed by atoms with Gasteiger partial charge in [-0.15, -0.1) is 0 Å². The molecule has 0 atom stereocenters. The van der Waals surface area contributed by atoms with Gasteiger partial charge in [0.2, 0.25) is 5.95 Å². The van der Waals surface area contributed by atoms with Gasteiger partial charge in [-0.2, -0.15) is 4.98 Å². The Labute approximate surface area is 139 Å². The number of fused-ring (bicyclic) bond motifs is 1. The normalized spacial score (nSPS) is 11.2. The van der Waals surface area contributed by atoms with E-state index in [0.717, 1.165) is 22.2 Å². The summed E-state index contributed by atoms with van der Waals surface area (Å²) in [6, 6.07) is 7.92. The predicted molar refractivity (Wildman–Crippen MR) is 95.0 cm³/mol. The first-order valence-electron chi connectivity index (χ1n) is 7.94. The van der Waals surface area contributed by atoms with Crippen LogP contribution in [0.25, 0.3) is 11.2 Å². The minimum absolute atomic E-state index is 0.327. The second-order valence-corrected chi connectivity index (χ2v) is 5.96. The summed E-state index contributed by atoms with van der Waals surface area (Å²) in [5.41, 5.74) is 2.15. The molecule has 2 heterocycles. The Balaban J connectivity index is 2.26. The Morgan fingerprint density at radius 2 is 1.92 bits per heavy atom. The maximum Gasteiger partial charge on any atom is 0.332 e. The average molecular weight is 327 g/mol. The van der Waals surface area contributed by atoms with Gasteiger partial charge in [0.05, 0.1) is 0 Å². The van der Waals surface area contributed by atoms with E-state index in [1.807, 2.05) is 42.7 Å². The first kappa shape index (κ1) is 16.0. The molecular weight excluding hydrogens is 306 g/mol. The minimum Gasteiger partial charge on any atom is -0.326 e. The number of hydrogen-bond donors (Lipinski definition) is 1. The summed E-state index contributed by atoms with van der Waals surface area (Å²) in [5, 5.41) is 3.27. The van der Waals surface area contributed by atoms with Crippen molar-refractivity contribution in [2.24, 2.45) is 14.1 Å². The number of nitrogens with one attached hydrogen (secondary N) is 1. The molecule has 0 saturated heterocycles. The van der Waals surface area contributed by atoms with Gasteiger partial charge in [0, 0.05) is 26.3 Å². The molecule has 1 N–H and O–H groups in total. The van der Waals surface area contributed by atoms with Crippen LogP contribution >= 0.6 is 0 Å². The summed E-state index contributed by atoms with van der Waals surface area (Å²) >= 11 is 0. The molecule has 3 rings (SSSR count). The van der Waals surface area contributed by atoms with Crippen LogP contribution in [0.4, 0.5) is 11.6 Å². The van der Waals surface area contributed by atoms with Gasteiger partial charge in [-0.05, 0) is 31.0 Å². The highest BCUT2D eigenvalue weighted by molar-refractivity contribution is 5.75. The third-order valence-corrected chi connectivity index (χ3v) is 4.07. The fourth-order valence-corrected chi connectivity index (χ4v) is 2.84. The molecule has 0 saturated carbocycles. The minimum atomic E-state index is -0.379. The Bertz CT molecular complexity index is 1030. The topological polar surface area (TPSA) is 73.8 Å². The van der Waals surface area contributed by atoms with Crippen molar-refractivity contribution in [2.75, 3.05) is 5.32 Å². The summed E-state index contributed by atoms with van der Waals surface area (Å²) in [4.78, 5) is 29.2. The first-order chi connectivity index (χ1) is 11.4. The number of anilines is 2. The van der Waals surface area contributed by atoms with Crippen molar-refractivity contribution in [3.63, 3.8) is 0 Å². The van der Waals surface area contributed by atoms with Crippen molar-refractivity contribution in [1.82, 2.24) is 18.7 Å². The SMILES string of the molecule is CCCn1c(Nc2cccc(C)c2)nc2c1c(=O)n(C)c(=O)n2C. The fourth-order valence-electron chi connectivity index (χ4n) is 2.84. The standard InChI is InChI=1S/C17H21N5O2/c1-5-9-22-13-14(20(3)17(24)21(4)15(13)23)19-16(22)18-12-8-6-7-11(2)10-12/h6-8,10H,5,9H2,1-4H3,(H,18,19). The number of aromatic nitrogens is 4. The van der Waals surface area contributed by atoms with Crippen molar-refractivity contribution in [3.8, 4) is 0 Å². The lowest BCUT2D eigenvalue weighted by atomic mass is 10.2. The maximum absolute atomic E-state index is 12.6. The molecule has 0 bridgehead atoms. The van der Waals surface area contributed by atoms with Crippen molar-refractivity contribution in [2.45, 2.75) is 26.8 Å². The van der Waals surface area contributed by atoms with Gasteiger partial charge in [-0.25, -0.2) is 4.79 Å². The number of hydrogen-bond acceptors (Lipinski definition) is 4. The lowest BCUT2D eigenvalue weighted by Gasteiger charge is -2.10. The zero-order valence-electron chi connectivity index (χ0n) is 14.3. The molecule has 2 aromatic heterocycles. The molecule has 0 aliphatic carbocycles. The van der Waals surface area contributed by atoms with E-state index < -0.39 is 0 Å². The van der Waals surface area contributed by atoms with Crippen LogP contribution in [0.1, 0.15) is 18.9 Å². The van der Waals surface area contributed by atoms with Crippen molar-refractivity contribution in [1.29, 1.82) is 0 Å². The second-order valence-electron chi connectivity index (χ2n) is 5.96. The molecule has 1 aromatic carbocycles. The van der Waals surface area contributed by atoms with E-state index >= 15 is 0 Å². The summed E-state index contributed by atoms with van der Waals surface area (Å²) < 4.78 is 4.37. The summed E-state index contributed by atoms with van der Waals surface area (Å²) in [6.07, 6.45) is 0.847. The smallest absolute Gasteiger partial charge is 0.326 e. The Morgan fingerprint density at radius 3 is 2.58 bits per heavy atom. The zero-order valence-corrected chi connectivity index (χ0v) is 14.3.